The molecule has 1 N–H and O–H groups in total. The maximum absolute atomic E-state index is 13.0. The monoisotopic (exact) mass is 488 g/mol. The summed E-state index contributed by atoms with van der Waals surface area (Å²) in [7, 11) is -3.29. The number of nitrogens with one attached hydrogen (secondary N) is 1. The fourth-order valence-electron chi connectivity index (χ4n) is 3.88. The minimum Gasteiger partial charge on any atom is -0.339 e. The van der Waals surface area contributed by atoms with E-state index >= 15 is 0 Å². The van der Waals surface area contributed by atoms with Gasteiger partial charge in [0.05, 0.1) is 29.9 Å². The van der Waals surface area contributed by atoms with Crippen LogP contribution in [-0.2, 0) is 21.2 Å². The van der Waals surface area contributed by atoms with Crippen LogP contribution in [0.25, 0.3) is 29.7 Å². The van der Waals surface area contributed by atoms with Crippen LogP contribution in [0.3, 0.4) is 0 Å². The molecule has 11 heteroatoms. The van der Waals surface area contributed by atoms with Gasteiger partial charge in [0, 0.05) is 43.4 Å². The second-order valence-electron chi connectivity index (χ2n) is 8.07. The molecule has 1 aliphatic rings. The van der Waals surface area contributed by atoms with Crippen molar-refractivity contribution in [3.05, 3.63) is 42.3 Å². The second kappa shape index (κ2) is 11.2. The van der Waals surface area contributed by atoms with E-state index in [1.54, 1.807) is 11.0 Å². The number of nitrogens with zero attached hydrogens (tertiary/aromatic N) is 5. The third-order valence-electron chi connectivity index (χ3n) is 5.61. The molecular weight excluding hydrogens is 459 g/mol. The van der Waals surface area contributed by atoms with Crippen molar-refractivity contribution in [3.8, 4) is 11.4 Å². The molecule has 2 aromatic rings. The maximum atomic E-state index is 13.0. The number of amides is 1. The summed E-state index contributed by atoms with van der Waals surface area (Å²) in [6.45, 7) is 5.08. The van der Waals surface area contributed by atoms with Crippen LogP contribution in [0.2, 0.25) is 0 Å². The summed E-state index contributed by atoms with van der Waals surface area (Å²) in [6.07, 6.45) is 13.8. The van der Waals surface area contributed by atoms with Gasteiger partial charge in [-0.15, -0.1) is 0 Å². The number of aromatic nitrogens is 4. The van der Waals surface area contributed by atoms with Crippen molar-refractivity contribution >= 4 is 40.3 Å². The van der Waals surface area contributed by atoms with E-state index < -0.39 is 9.84 Å². The lowest BCUT2D eigenvalue weighted by atomic mass is 10.1. The summed E-state index contributed by atoms with van der Waals surface area (Å²) < 4.78 is 39.5. The second-order valence-corrected chi connectivity index (χ2v) is 10.3. The first kappa shape index (κ1) is 25.3. The summed E-state index contributed by atoms with van der Waals surface area (Å²) in [5, 5.41) is 12.5. The zero-order valence-electron chi connectivity index (χ0n) is 19.2. The van der Waals surface area contributed by atoms with Crippen molar-refractivity contribution in [2.75, 3.05) is 25.1 Å². The average Bonchev–Trinajstić information content (AvgIpc) is 3.23. The van der Waals surface area contributed by atoms with Gasteiger partial charge in [0.15, 0.2) is 0 Å². The molecule has 3 heterocycles. The number of sulfone groups is 1. The highest BCUT2D eigenvalue weighted by atomic mass is 32.2. The molecule has 0 aromatic carbocycles. The molecule has 0 saturated carbocycles. The number of halogens is 1. The average molecular weight is 489 g/mol. The zero-order chi connectivity index (χ0) is 24.7. The predicted octanol–water partition coefficient (Wildman–Crippen LogP) is 3.25. The van der Waals surface area contributed by atoms with Gasteiger partial charge < -0.3 is 10.3 Å². The molecule has 3 rings (SSSR count). The highest BCUT2D eigenvalue weighted by Crippen LogP contribution is 2.27. The van der Waals surface area contributed by atoms with Crippen molar-refractivity contribution in [1.82, 2.24) is 24.2 Å². The lowest BCUT2D eigenvalue weighted by Gasteiger charge is -2.18. The third kappa shape index (κ3) is 5.96. The van der Waals surface area contributed by atoms with Crippen molar-refractivity contribution in [2.45, 2.75) is 32.2 Å². The Kier molecular flexibility index (Phi) is 8.32. The lowest BCUT2D eigenvalue weighted by Crippen LogP contribution is -2.30. The number of carbonyl (C=O) groups is 1. The number of rotatable bonds is 9. The van der Waals surface area contributed by atoms with Gasteiger partial charge in [-0.3, -0.25) is 14.0 Å². The first-order valence-corrected chi connectivity index (χ1v) is 13.1. The number of imidazole rings is 1. The standard InChI is InChI=1S/C23H29FN6O3S/c1-3-21-26-17-20(29(21)13-10-24)23-18(16-25)19(30(27-23)14-15-34(2,32)33)8-9-22(31)28-11-6-4-5-7-12-28/h3,8-10,13,16-17,25H,1,4-7,11-12,14-15H2,2H3/b9-8+,13-10+,25-16?. The zero-order valence-corrected chi connectivity index (χ0v) is 20.0. The molecule has 0 unspecified atom stereocenters. The highest BCUT2D eigenvalue weighted by molar-refractivity contribution is 7.90. The Hall–Kier alpha value is -3.34. The van der Waals surface area contributed by atoms with Crippen LogP contribution >= 0.6 is 0 Å². The summed E-state index contributed by atoms with van der Waals surface area (Å²) in [6, 6.07) is 0. The molecule has 0 aliphatic carbocycles. The molecular formula is C23H29FN6O3S. The third-order valence-corrected chi connectivity index (χ3v) is 6.53. The smallest absolute Gasteiger partial charge is 0.246 e. The SMILES string of the molecule is C=Cc1ncc(-c2nn(CCS(C)(=O)=O)c(/C=C/C(=O)N3CCCCCC3)c2C=N)n1/C=C/F. The van der Waals surface area contributed by atoms with E-state index in [-0.39, 0.29) is 18.2 Å². The number of aryl methyl sites for hydroxylation is 1. The Bertz CT molecular complexity index is 1220. The van der Waals surface area contributed by atoms with Gasteiger partial charge in [0.2, 0.25) is 5.91 Å². The van der Waals surface area contributed by atoms with Crippen LogP contribution in [0.4, 0.5) is 4.39 Å². The molecule has 0 spiro atoms. The van der Waals surface area contributed by atoms with Crippen molar-refractivity contribution in [2.24, 2.45) is 0 Å². The van der Waals surface area contributed by atoms with Gasteiger partial charge in [-0.25, -0.2) is 17.8 Å². The minimum absolute atomic E-state index is 0.0264. The van der Waals surface area contributed by atoms with E-state index in [1.807, 2.05) is 0 Å². The van der Waals surface area contributed by atoms with Gasteiger partial charge >= 0.3 is 0 Å². The Morgan fingerprint density at radius 3 is 2.56 bits per heavy atom. The molecule has 0 bridgehead atoms. The number of hydrogen-bond donors (Lipinski definition) is 1. The van der Waals surface area contributed by atoms with Gasteiger partial charge in [-0.2, -0.15) is 5.10 Å². The molecule has 1 aliphatic heterocycles. The Morgan fingerprint density at radius 1 is 1.26 bits per heavy atom. The Labute approximate surface area is 198 Å². The molecule has 1 fully saturated rings. The van der Waals surface area contributed by atoms with E-state index in [1.165, 1.54) is 27.6 Å². The van der Waals surface area contributed by atoms with Crippen LogP contribution in [0.1, 0.15) is 42.8 Å². The number of hydrogen-bond acceptors (Lipinski definition) is 6. The molecule has 1 amide bonds. The first-order chi connectivity index (χ1) is 16.3. The van der Waals surface area contributed by atoms with E-state index in [0.717, 1.165) is 44.4 Å². The van der Waals surface area contributed by atoms with E-state index in [9.17, 15) is 17.6 Å². The highest BCUT2D eigenvalue weighted by Gasteiger charge is 2.21. The maximum Gasteiger partial charge on any atom is 0.246 e. The van der Waals surface area contributed by atoms with Crippen LogP contribution in [0.5, 0.6) is 0 Å². The van der Waals surface area contributed by atoms with Gasteiger partial charge in [-0.1, -0.05) is 19.4 Å². The molecule has 0 atom stereocenters. The van der Waals surface area contributed by atoms with Gasteiger partial charge in [0.25, 0.3) is 0 Å². The minimum atomic E-state index is -3.29. The van der Waals surface area contributed by atoms with Crippen molar-refractivity contribution in [1.29, 1.82) is 5.41 Å². The number of likely N-dealkylation sites (tertiary alicyclic amines) is 1. The van der Waals surface area contributed by atoms with E-state index in [2.05, 4.69) is 16.7 Å². The number of carbonyl (C=O) groups excluding carboxylic acids is 1. The predicted molar refractivity (Wildman–Crippen MR) is 132 cm³/mol. The van der Waals surface area contributed by atoms with Crippen molar-refractivity contribution in [3.63, 3.8) is 0 Å². The van der Waals surface area contributed by atoms with Crippen LogP contribution in [0.15, 0.2) is 25.2 Å². The van der Waals surface area contributed by atoms with E-state index in [4.69, 9.17) is 5.41 Å². The Morgan fingerprint density at radius 2 is 1.97 bits per heavy atom. The molecule has 1 saturated heterocycles. The van der Waals surface area contributed by atoms with Gasteiger partial charge in [-0.05, 0) is 25.0 Å². The fraction of sp³-hybridized carbons (Fsp3) is 0.391. The molecule has 2 aromatic heterocycles. The van der Waals surface area contributed by atoms with Gasteiger partial charge in [0.1, 0.15) is 27.7 Å². The van der Waals surface area contributed by atoms with Crippen LogP contribution < -0.4 is 0 Å². The largest absolute Gasteiger partial charge is 0.339 e. The Balaban J connectivity index is 2.07. The molecule has 34 heavy (non-hydrogen) atoms. The van der Waals surface area contributed by atoms with E-state index in [0.29, 0.717) is 47.9 Å². The summed E-state index contributed by atoms with van der Waals surface area (Å²) >= 11 is 0. The topological polar surface area (TPSA) is 114 Å². The molecule has 0 radical (unpaired) electrons. The lowest BCUT2D eigenvalue weighted by molar-refractivity contribution is -0.125. The summed E-state index contributed by atoms with van der Waals surface area (Å²) in [5.41, 5.74) is 1.48. The molecule has 182 valence electrons. The van der Waals surface area contributed by atoms with Crippen LogP contribution in [0, 0.1) is 5.41 Å². The van der Waals surface area contributed by atoms with Crippen molar-refractivity contribution < 1.29 is 17.6 Å². The normalized spacial score (nSPS) is 15.2. The fourth-order valence-corrected chi connectivity index (χ4v) is 4.38. The first-order valence-electron chi connectivity index (χ1n) is 11.0. The summed E-state index contributed by atoms with van der Waals surface area (Å²) in [4.78, 5) is 18.8. The quantitative estimate of drug-likeness (QED) is 0.430. The van der Waals surface area contributed by atoms with Crippen LogP contribution in [-0.4, -0.2) is 69.9 Å². The molecule has 9 nitrogen and oxygen atoms in total. The summed E-state index contributed by atoms with van der Waals surface area (Å²) in [5.74, 6) is 0.0575.